The summed E-state index contributed by atoms with van der Waals surface area (Å²) in [7, 11) is 0. The number of hydrogen-bond donors (Lipinski definition) is 1. The van der Waals surface area contributed by atoms with Crippen LogP contribution in [0.3, 0.4) is 0 Å². The van der Waals surface area contributed by atoms with Crippen LogP contribution in [0.15, 0.2) is 36.5 Å². The van der Waals surface area contributed by atoms with E-state index in [1.165, 1.54) is 11.1 Å². The molecular formula is C14H17N3. The summed E-state index contributed by atoms with van der Waals surface area (Å²) in [6.45, 7) is 4.93. The number of aromatic nitrogens is 2. The largest absolute Gasteiger partial charge is 0.354 e. The van der Waals surface area contributed by atoms with Gasteiger partial charge in [0.05, 0.1) is 0 Å². The van der Waals surface area contributed by atoms with Crippen molar-refractivity contribution < 1.29 is 0 Å². The normalized spacial score (nSPS) is 10.2. The molecule has 3 nitrogen and oxygen atoms in total. The Morgan fingerprint density at radius 3 is 2.82 bits per heavy atom. The fraction of sp³-hybridized carbons (Fsp3) is 0.286. The average molecular weight is 227 g/mol. The molecule has 0 saturated carbocycles. The van der Waals surface area contributed by atoms with Gasteiger partial charge < -0.3 is 5.32 Å². The molecule has 0 radical (unpaired) electrons. The van der Waals surface area contributed by atoms with Crippen LogP contribution in [0.5, 0.6) is 0 Å². The Hall–Kier alpha value is -1.90. The molecule has 2 rings (SSSR count). The van der Waals surface area contributed by atoms with E-state index in [0.29, 0.717) is 5.95 Å². The van der Waals surface area contributed by atoms with E-state index in [1.54, 1.807) is 6.20 Å². The second-order valence-electron chi connectivity index (χ2n) is 4.19. The number of rotatable bonds is 4. The molecule has 0 aliphatic carbocycles. The smallest absolute Gasteiger partial charge is 0.222 e. The van der Waals surface area contributed by atoms with Gasteiger partial charge >= 0.3 is 0 Å². The standard InChI is InChI=1S/C14H17N3/c1-11-4-3-5-13(10-11)7-9-16-14-15-8-6-12(2)17-14/h3-6,8,10H,7,9H2,1-2H3,(H,15,16,17). The van der Waals surface area contributed by atoms with Gasteiger partial charge in [-0.15, -0.1) is 0 Å². The summed E-state index contributed by atoms with van der Waals surface area (Å²) in [4.78, 5) is 8.47. The molecule has 17 heavy (non-hydrogen) atoms. The molecule has 88 valence electrons. The molecule has 0 aliphatic rings. The minimum Gasteiger partial charge on any atom is -0.354 e. The first-order valence-electron chi connectivity index (χ1n) is 5.83. The van der Waals surface area contributed by atoms with E-state index in [0.717, 1.165) is 18.7 Å². The highest BCUT2D eigenvalue weighted by Gasteiger charge is 1.96. The van der Waals surface area contributed by atoms with Crippen molar-refractivity contribution in [1.29, 1.82) is 0 Å². The van der Waals surface area contributed by atoms with Gasteiger partial charge in [0.1, 0.15) is 0 Å². The van der Waals surface area contributed by atoms with E-state index in [4.69, 9.17) is 0 Å². The summed E-state index contributed by atoms with van der Waals surface area (Å²) in [5, 5.41) is 3.23. The zero-order valence-corrected chi connectivity index (χ0v) is 10.3. The Labute approximate surface area is 102 Å². The number of nitrogens with zero attached hydrogens (tertiary/aromatic N) is 2. The van der Waals surface area contributed by atoms with E-state index in [1.807, 2.05) is 13.0 Å². The molecule has 3 heteroatoms. The van der Waals surface area contributed by atoms with Crippen molar-refractivity contribution in [3.8, 4) is 0 Å². The van der Waals surface area contributed by atoms with Crippen molar-refractivity contribution in [2.24, 2.45) is 0 Å². The lowest BCUT2D eigenvalue weighted by Gasteiger charge is -2.05. The molecule has 0 atom stereocenters. The fourth-order valence-corrected chi connectivity index (χ4v) is 1.72. The van der Waals surface area contributed by atoms with Gasteiger partial charge in [-0.3, -0.25) is 0 Å². The number of benzene rings is 1. The molecule has 0 bridgehead atoms. The lowest BCUT2D eigenvalue weighted by molar-refractivity contribution is 0.973. The highest BCUT2D eigenvalue weighted by Crippen LogP contribution is 2.05. The van der Waals surface area contributed by atoms with Crippen molar-refractivity contribution in [2.75, 3.05) is 11.9 Å². The van der Waals surface area contributed by atoms with Crippen LogP contribution >= 0.6 is 0 Å². The van der Waals surface area contributed by atoms with Gasteiger partial charge in [0.25, 0.3) is 0 Å². The predicted molar refractivity (Wildman–Crippen MR) is 70.1 cm³/mol. The summed E-state index contributed by atoms with van der Waals surface area (Å²) >= 11 is 0. The van der Waals surface area contributed by atoms with E-state index >= 15 is 0 Å². The number of nitrogens with one attached hydrogen (secondary N) is 1. The lowest BCUT2D eigenvalue weighted by atomic mass is 10.1. The first kappa shape index (κ1) is 11.6. The Morgan fingerprint density at radius 2 is 2.06 bits per heavy atom. The SMILES string of the molecule is Cc1cccc(CCNc2nccc(C)n2)c1. The Balaban J connectivity index is 1.87. The second kappa shape index (κ2) is 5.43. The number of anilines is 1. The molecule has 0 amide bonds. The second-order valence-corrected chi connectivity index (χ2v) is 4.19. The van der Waals surface area contributed by atoms with Crippen LogP contribution in [0.2, 0.25) is 0 Å². The topological polar surface area (TPSA) is 37.8 Å². The maximum Gasteiger partial charge on any atom is 0.222 e. The van der Waals surface area contributed by atoms with Crippen LogP contribution in [0, 0.1) is 13.8 Å². The van der Waals surface area contributed by atoms with Crippen LogP contribution in [-0.2, 0) is 6.42 Å². The third-order valence-corrected chi connectivity index (χ3v) is 2.57. The van der Waals surface area contributed by atoms with Crippen molar-refractivity contribution >= 4 is 5.95 Å². The molecule has 2 aromatic rings. The quantitative estimate of drug-likeness (QED) is 0.872. The highest BCUT2D eigenvalue weighted by atomic mass is 15.1. The summed E-state index contributed by atoms with van der Waals surface area (Å²) in [5.74, 6) is 0.706. The summed E-state index contributed by atoms with van der Waals surface area (Å²) in [5.41, 5.74) is 3.62. The van der Waals surface area contributed by atoms with Gasteiger partial charge in [0, 0.05) is 18.4 Å². The molecule has 1 aromatic heterocycles. The molecule has 0 unspecified atom stereocenters. The van der Waals surface area contributed by atoms with Crippen LogP contribution < -0.4 is 5.32 Å². The maximum atomic E-state index is 4.30. The summed E-state index contributed by atoms with van der Waals surface area (Å²) in [6.07, 6.45) is 2.76. The molecule has 0 spiro atoms. The summed E-state index contributed by atoms with van der Waals surface area (Å²) < 4.78 is 0. The Morgan fingerprint density at radius 1 is 1.18 bits per heavy atom. The van der Waals surface area contributed by atoms with Crippen LogP contribution in [0.1, 0.15) is 16.8 Å². The van der Waals surface area contributed by atoms with Crippen molar-refractivity contribution in [1.82, 2.24) is 9.97 Å². The van der Waals surface area contributed by atoms with Gasteiger partial charge in [-0.05, 0) is 31.9 Å². The molecule has 1 heterocycles. The minimum atomic E-state index is 0.706. The third-order valence-electron chi connectivity index (χ3n) is 2.57. The minimum absolute atomic E-state index is 0.706. The van der Waals surface area contributed by atoms with Crippen LogP contribution in [-0.4, -0.2) is 16.5 Å². The third kappa shape index (κ3) is 3.55. The van der Waals surface area contributed by atoms with E-state index in [9.17, 15) is 0 Å². The average Bonchev–Trinajstić information content (AvgIpc) is 2.29. The monoisotopic (exact) mass is 227 g/mol. The predicted octanol–water partition coefficient (Wildman–Crippen LogP) is 2.75. The molecule has 1 N–H and O–H groups in total. The molecule has 1 aromatic carbocycles. The fourth-order valence-electron chi connectivity index (χ4n) is 1.72. The van der Waals surface area contributed by atoms with Gasteiger partial charge in [-0.25, -0.2) is 9.97 Å². The van der Waals surface area contributed by atoms with Crippen molar-refractivity contribution in [3.05, 3.63) is 53.3 Å². The van der Waals surface area contributed by atoms with E-state index in [-0.39, 0.29) is 0 Å². The van der Waals surface area contributed by atoms with Crippen molar-refractivity contribution in [2.45, 2.75) is 20.3 Å². The first-order chi connectivity index (χ1) is 8.24. The molecule has 0 fully saturated rings. The Kier molecular flexibility index (Phi) is 3.70. The Bertz CT molecular complexity index is 449. The first-order valence-corrected chi connectivity index (χ1v) is 5.83. The van der Waals surface area contributed by atoms with Crippen LogP contribution in [0.25, 0.3) is 0 Å². The van der Waals surface area contributed by atoms with Crippen molar-refractivity contribution in [3.63, 3.8) is 0 Å². The van der Waals surface area contributed by atoms with Gasteiger partial charge in [0.15, 0.2) is 0 Å². The zero-order chi connectivity index (χ0) is 12.1. The number of hydrogen-bond acceptors (Lipinski definition) is 3. The maximum absolute atomic E-state index is 4.30. The zero-order valence-electron chi connectivity index (χ0n) is 10.3. The highest BCUT2D eigenvalue weighted by molar-refractivity contribution is 5.27. The molecule has 0 saturated heterocycles. The van der Waals surface area contributed by atoms with Crippen LogP contribution in [0.4, 0.5) is 5.95 Å². The lowest BCUT2D eigenvalue weighted by Crippen LogP contribution is -2.08. The molecular weight excluding hydrogens is 210 g/mol. The summed E-state index contributed by atoms with van der Waals surface area (Å²) in [6, 6.07) is 10.4. The number of aryl methyl sites for hydroxylation is 2. The van der Waals surface area contributed by atoms with Gasteiger partial charge in [-0.2, -0.15) is 0 Å². The molecule has 0 aliphatic heterocycles. The van der Waals surface area contributed by atoms with E-state index in [2.05, 4.69) is 46.5 Å². The van der Waals surface area contributed by atoms with E-state index < -0.39 is 0 Å². The van der Waals surface area contributed by atoms with Gasteiger partial charge in [-0.1, -0.05) is 29.8 Å². The van der Waals surface area contributed by atoms with Gasteiger partial charge in [0.2, 0.25) is 5.95 Å².